The van der Waals surface area contributed by atoms with Gasteiger partial charge in [0, 0.05) is 42.5 Å². The highest BCUT2D eigenvalue weighted by Gasteiger charge is 2.10. The van der Waals surface area contributed by atoms with E-state index in [0.29, 0.717) is 0 Å². The molecule has 0 aliphatic heterocycles. The molecule has 0 amide bonds. The Morgan fingerprint density at radius 3 is 2.67 bits per heavy atom. The third-order valence-electron chi connectivity index (χ3n) is 5.57. The number of hydrogen-bond donors (Lipinski definition) is 1. The number of hydrogen-bond acceptors (Lipinski definition) is 5. The van der Waals surface area contributed by atoms with Crippen LogP contribution in [0.2, 0.25) is 0 Å². The predicted molar refractivity (Wildman–Crippen MR) is 134 cm³/mol. The molecule has 0 saturated heterocycles. The van der Waals surface area contributed by atoms with Crippen molar-refractivity contribution in [1.29, 1.82) is 0 Å². The van der Waals surface area contributed by atoms with Crippen LogP contribution in [-0.2, 0) is 13.1 Å². The molecule has 6 nitrogen and oxygen atoms in total. The fourth-order valence-electron chi connectivity index (χ4n) is 4.04. The van der Waals surface area contributed by atoms with Crippen LogP contribution in [0.25, 0.3) is 16.6 Å². The first-order valence-electron chi connectivity index (χ1n) is 11.1. The Balaban J connectivity index is 1.21. The summed E-state index contributed by atoms with van der Waals surface area (Å²) in [4.78, 5) is 0. The van der Waals surface area contributed by atoms with Crippen molar-refractivity contribution in [3.8, 4) is 5.69 Å². The van der Waals surface area contributed by atoms with Gasteiger partial charge in [0.1, 0.15) is 0 Å². The Morgan fingerprint density at radius 2 is 1.79 bits per heavy atom. The molecule has 0 radical (unpaired) electrons. The quantitative estimate of drug-likeness (QED) is 0.255. The van der Waals surface area contributed by atoms with Gasteiger partial charge in [-0.1, -0.05) is 78.0 Å². The minimum atomic E-state index is 0.803. The normalized spacial score (nSPS) is 11.3. The van der Waals surface area contributed by atoms with Crippen LogP contribution < -0.4 is 5.32 Å². The lowest BCUT2D eigenvalue weighted by Gasteiger charge is -2.06. The molecular formula is C26H26N6S. The Bertz CT molecular complexity index is 1340. The van der Waals surface area contributed by atoms with Crippen LogP contribution in [0.1, 0.15) is 16.7 Å². The van der Waals surface area contributed by atoms with E-state index in [1.807, 2.05) is 30.3 Å². The second kappa shape index (κ2) is 10.0. The summed E-state index contributed by atoms with van der Waals surface area (Å²) in [6, 6.07) is 27.3. The molecule has 7 heteroatoms. The molecule has 0 fully saturated rings. The van der Waals surface area contributed by atoms with Crippen molar-refractivity contribution < 1.29 is 0 Å². The summed E-state index contributed by atoms with van der Waals surface area (Å²) in [6.07, 6.45) is 2.28. The third-order valence-corrected chi connectivity index (χ3v) is 6.49. The van der Waals surface area contributed by atoms with E-state index in [1.165, 1.54) is 27.6 Å². The lowest BCUT2D eigenvalue weighted by molar-refractivity contribution is 0.725. The first kappa shape index (κ1) is 21.4. The zero-order valence-corrected chi connectivity index (χ0v) is 19.4. The standard InChI is InChI=1S/C26H26N6S/c1-20-8-7-9-21(16-20)18-31-19-22(24-12-5-6-13-25(24)31)17-27-14-15-33-26-28-29-30-32(26)23-10-3-2-4-11-23/h2-13,16,19,27H,14-15,17-18H2,1H3. The minimum absolute atomic E-state index is 0.803. The zero-order chi connectivity index (χ0) is 22.5. The number of nitrogens with one attached hydrogen (secondary N) is 1. The molecule has 0 unspecified atom stereocenters. The Morgan fingerprint density at radius 1 is 0.939 bits per heavy atom. The molecule has 0 aliphatic rings. The van der Waals surface area contributed by atoms with Gasteiger partial charge in [-0.2, -0.15) is 4.68 Å². The van der Waals surface area contributed by atoms with E-state index in [0.717, 1.165) is 36.2 Å². The summed E-state index contributed by atoms with van der Waals surface area (Å²) in [6.45, 7) is 4.71. The third kappa shape index (κ3) is 4.99. The lowest BCUT2D eigenvalue weighted by Crippen LogP contribution is -2.16. The molecule has 5 aromatic rings. The molecule has 0 atom stereocenters. The van der Waals surface area contributed by atoms with Gasteiger partial charge in [0.15, 0.2) is 0 Å². The molecule has 166 valence electrons. The van der Waals surface area contributed by atoms with Gasteiger partial charge in [-0.25, -0.2) is 0 Å². The van der Waals surface area contributed by atoms with Gasteiger partial charge < -0.3 is 9.88 Å². The topological polar surface area (TPSA) is 60.6 Å². The van der Waals surface area contributed by atoms with Gasteiger partial charge in [0.2, 0.25) is 5.16 Å². The molecular weight excluding hydrogens is 428 g/mol. The Kier molecular flexibility index (Phi) is 6.51. The number of benzene rings is 3. The molecule has 1 N–H and O–H groups in total. The van der Waals surface area contributed by atoms with Gasteiger partial charge in [0.25, 0.3) is 0 Å². The maximum atomic E-state index is 4.17. The summed E-state index contributed by atoms with van der Waals surface area (Å²) in [5, 5.41) is 17.8. The predicted octanol–water partition coefficient (Wildman–Crippen LogP) is 4.86. The van der Waals surface area contributed by atoms with Crippen LogP contribution >= 0.6 is 11.8 Å². The van der Waals surface area contributed by atoms with Crippen LogP contribution in [0.3, 0.4) is 0 Å². The van der Waals surface area contributed by atoms with Crippen molar-refractivity contribution in [3.05, 3.63) is 102 Å². The van der Waals surface area contributed by atoms with E-state index in [9.17, 15) is 0 Å². The average molecular weight is 455 g/mol. The number of nitrogens with zero attached hydrogens (tertiary/aromatic N) is 5. The number of rotatable bonds is 9. The minimum Gasteiger partial charge on any atom is -0.343 e. The van der Waals surface area contributed by atoms with E-state index in [1.54, 1.807) is 16.4 Å². The summed E-state index contributed by atoms with van der Waals surface area (Å²) < 4.78 is 4.13. The molecule has 5 rings (SSSR count). The fraction of sp³-hybridized carbons (Fsp3) is 0.192. The molecule has 3 aromatic carbocycles. The van der Waals surface area contributed by atoms with Gasteiger partial charge in [-0.15, -0.1) is 5.10 Å². The van der Waals surface area contributed by atoms with Gasteiger partial charge in [-0.3, -0.25) is 0 Å². The molecule has 2 heterocycles. The van der Waals surface area contributed by atoms with Crippen molar-refractivity contribution in [2.45, 2.75) is 25.2 Å². The second-order valence-corrected chi connectivity index (χ2v) is 9.08. The van der Waals surface area contributed by atoms with E-state index < -0.39 is 0 Å². The van der Waals surface area contributed by atoms with E-state index >= 15 is 0 Å². The number of tetrazole rings is 1. The van der Waals surface area contributed by atoms with Crippen molar-refractivity contribution in [2.24, 2.45) is 0 Å². The maximum absolute atomic E-state index is 4.17. The fourth-order valence-corrected chi connectivity index (χ4v) is 4.83. The maximum Gasteiger partial charge on any atom is 0.214 e. The van der Waals surface area contributed by atoms with Crippen molar-refractivity contribution in [2.75, 3.05) is 12.3 Å². The second-order valence-electron chi connectivity index (χ2n) is 8.02. The molecule has 33 heavy (non-hydrogen) atoms. The molecule has 0 aliphatic carbocycles. The Labute approximate surface area is 197 Å². The summed E-state index contributed by atoms with van der Waals surface area (Å²) in [7, 11) is 0. The number of thioether (sulfide) groups is 1. The summed E-state index contributed by atoms with van der Waals surface area (Å²) in [5.74, 6) is 0.884. The van der Waals surface area contributed by atoms with Crippen molar-refractivity contribution in [3.63, 3.8) is 0 Å². The van der Waals surface area contributed by atoms with Crippen LogP contribution in [0.5, 0.6) is 0 Å². The SMILES string of the molecule is Cc1cccc(Cn2cc(CNCCSc3nnnn3-c3ccccc3)c3ccccc32)c1. The highest BCUT2D eigenvalue weighted by atomic mass is 32.2. The number of para-hydroxylation sites is 2. The highest BCUT2D eigenvalue weighted by Crippen LogP contribution is 2.23. The van der Waals surface area contributed by atoms with E-state index in [4.69, 9.17) is 0 Å². The van der Waals surface area contributed by atoms with Crippen molar-refractivity contribution in [1.82, 2.24) is 30.1 Å². The smallest absolute Gasteiger partial charge is 0.214 e. The summed E-state index contributed by atoms with van der Waals surface area (Å²) >= 11 is 1.65. The van der Waals surface area contributed by atoms with E-state index in [2.05, 4.69) is 87.1 Å². The van der Waals surface area contributed by atoms with Gasteiger partial charge in [0.05, 0.1) is 5.69 Å². The number of fused-ring (bicyclic) bond motifs is 1. The van der Waals surface area contributed by atoms with Crippen LogP contribution in [-0.4, -0.2) is 37.1 Å². The zero-order valence-electron chi connectivity index (χ0n) is 18.6. The van der Waals surface area contributed by atoms with Gasteiger partial charge in [-0.05, 0) is 46.7 Å². The number of aromatic nitrogens is 5. The van der Waals surface area contributed by atoms with Crippen LogP contribution in [0.4, 0.5) is 0 Å². The van der Waals surface area contributed by atoms with Crippen LogP contribution in [0.15, 0.2) is 90.2 Å². The molecule has 0 saturated carbocycles. The highest BCUT2D eigenvalue weighted by molar-refractivity contribution is 7.99. The van der Waals surface area contributed by atoms with Crippen molar-refractivity contribution >= 4 is 22.7 Å². The molecule has 0 bridgehead atoms. The van der Waals surface area contributed by atoms with Gasteiger partial charge >= 0.3 is 0 Å². The average Bonchev–Trinajstić information content (AvgIpc) is 3.45. The Hall–Kier alpha value is -3.42. The molecule has 0 spiro atoms. The molecule has 2 aromatic heterocycles. The summed E-state index contributed by atoms with van der Waals surface area (Å²) in [5.41, 5.74) is 6.17. The number of aryl methyl sites for hydroxylation is 1. The lowest BCUT2D eigenvalue weighted by atomic mass is 10.1. The monoisotopic (exact) mass is 454 g/mol. The largest absolute Gasteiger partial charge is 0.343 e. The first-order chi connectivity index (χ1) is 16.3. The first-order valence-corrected chi connectivity index (χ1v) is 12.1. The van der Waals surface area contributed by atoms with Crippen LogP contribution in [0, 0.1) is 6.92 Å². The van der Waals surface area contributed by atoms with E-state index in [-0.39, 0.29) is 0 Å².